The highest BCUT2D eigenvalue weighted by molar-refractivity contribution is 6.67. The maximum absolute atomic E-state index is 9.81. The van der Waals surface area contributed by atoms with E-state index in [0.717, 1.165) is 0 Å². The van der Waals surface area contributed by atoms with Crippen LogP contribution in [0.25, 0.3) is 0 Å². The van der Waals surface area contributed by atoms with Gasteiger partial charge in [0.2, 0.25) is 10.1 Å². The van der Waals surface area contributed by atoms with Crippen LogP contribution in [0, 0.1) is 0 Å². The van der Waals surface area contributed by atoms with Gasteiger partial charge in [0.05, 0.1) is 6.61 Å². The van der Waals surface area contributed by atoms with Crippen LogP contribution in [0.2, 0.25) is 0 Å². The number of alkyl halides is 3. The summed E-state index contributed by atoms with van der Waals surface area (Å²) in [6.45, 7) is -0.547. The van der Waals surface area contributed by atoms with Crippen LogP contribution in [0.1, 0.15) is 0 Å². The molecule has 0 amide bonds. The minimum Gasteiger partial charge on any atom is -0.394 e. The standard InChI is InChI=1S/C8H11Cl3O6/c9-8(10,11)7-16-5-3(14)4(2(13)1-12)15-6(5)17-7/h2-7,12-14H,1H2/t2-,3+,4-,5-,6-,7-/m1/s1. The number of halogens is 3. The zero-order valence-corrected chi connectivity index (χ0v) is 10.6. The maximum Gasteiger partial charge on any atom is 0.241 e. The molecule has 0 saturated carbocycles. The highest BCUT2D eigenvalue weighted by Gasteiger charge is 2.57. The zero-order chi connectivity index (χ0) is 12.8. The number of rotatable bonds is 2. The number of hydrogen-bond acceptors (Lipinski definition) is 6. The average molecular weight is 310 g/mol. The molecule has 0 spiro atoms. The molecule has 9 heteroatoms. The Morgan fingerprint density at radius 1 is 1.18 bits per heavy atom. The highest BCUT2D eigenvalue weighted by Crippen LogP contribution is 2.42. The topological polar surface area (TPSA) is 88.4 Å². The van der Waals surface area contributed by atoms with E-state index < -0.39 is 47.4 Å². The minimum absolute atomic E-state index is 0.547. The van der Waals surface area contributed by atoms with Crippen LogP contribution < -0.4 is 0 Å². The summed E-state index contributed by atoms with van der Waals surface area (Å²) < 4.78 is 13.8. The third-order valence-electron chi connectivity index (χ3n) is 2.60. The van der Waals surface area contributed by atoms with Crippen LogP contribution in [-0.2, 0) is 14.2 Å². The largest absolute Gasteiger partial charge is 0.394 e. The number of aliphatic hydroxyl groups is 3. The van der Waals surface area contributed by atoms with Crippen molar-refractivity contribution in [2.45, 2.75) is 40.8 Å². The summed E-state index contributed by atoms with van der Waals surface area (Å²) in [4.78, 5) is 0. The summed E-state index contributed by atoms with van der Waals surface area (Å²) in [7, 11) is 0. The molecule has 2 saturated heterocycles. The van der Waals surface area contributed by atoms with Crippen molar-refractivity contribution < 1.29 is 29.5 Å². The minimum atomic E-state index is -1.79. The van der Waals surface area contributed by atoms with Crippen molar-refractivity contribution >= 4 is 34.8 Å². The summed E-state index contributed by atoms with van der Waals surface area (Å²) >= 11 is 16.7. The Morgan fingerprint density at radius 3 is 2.29 bits per heavy atom. The molecule has 0 aromatic heterocycles. The summed E-state index contributed by atoms with van der Waals surface area (Å²) in [6.07, 6.45) is -6.33. The fourth-order valence-corrected chi connectivity index (χ4v) is 2.10. The van der Waals surface area contributed by atoms with Gasteiger partial charge in [-0.15, -0.1) is 0 Å². The Labute approximate surface area is 112 Å². The molecule has 6 nitrogen and oxygen atoms in total. The first-order valence-corrected chi connectivity index (χ1v) is 5.98. The molecule has 0 aromatic rings. The van der Waals surface area contributed by atoms with Crippen molar-refractivity contribution in [1.82, 2.24) is 0 Å². The predicted octanol–water partition coefficient (Wildman–Crippen LogP) is -0.463. The third kappa shape index (κ3) is 2.65. The fraction of sp³-hybridized carbons (Fsp3) is 1.00. The SMILES string of the molecule is OC[C@@H](O)[C@H]1O[C@@H]2O[C@H](C(Cl)(Cl)Cl)O[C@@H]2[C@H]1O. The molecule has 17 heavy (non-hydrogen) atoms. The lowest BCUT2D eigenvalue weighted by molar-refractivity contribution is -0.188. The first-order chi connectivity index (χ1) is 7.84. The van der Waals surface area contributed by atoms with E-state index in [1.54, 1.807) is 0 Å². The van der Waals surface area contributed by atoms with Crippen LogP contribution in [-0.4, -0.2) is 62.7 Å². The summed E-state index contributed by atoms with van der Waals surface area (Å²) in [5, 5.41) is 28.0. The van der Waals surface area contributed by atoms with Gasteiger partial charge in [-0.2, -0.15) is 0 Å². The van der Waals surface area contributed by atoms with E-state index >= 15 is 0 Å². The van der Waals surface area contributed by atoms with Gasteiger partial charge in [-0.05, 0) is 0 Å². The van der Waals surface area contributed by atoms with Crippen molar-refractivity contribution in [2.75, 3.05) is 6.61 Å². The lowest BCUT2D eigenvalue weighted by Gasteiger charge is -2.24. The second-order valence-electron chi connectivity index (χ2n) is 3.82. The normalized spacial score (nSPS) is 43.8. The second kappa shape index (κ2) is 4.96. The van der Waals surface area contributed by atoms with Gasteiger partial charge in [-0.1, -0.05) is 34.8 Å². The van der Waals surface area contributed by atoms with E-state index in [2.05, 4.69) is 0 Å². The third-order valence-corrected chi connectivity index (χ3v) is 3.14. The van der Waals surface area contributed by atoms with Gasteiger partial charge in [0.25, 0.3) is 0 Å². The lowest BCUT2D eigenvalue weighted by Crippen LogP contribution is -2.42. The second-order valence-corrected chi connectivity index (χ2v) is 6.19. The number of fused-ring (bicyclic) bond motifs is 1. The van der Waals surface area contributed by atoms with Gasteiger partial charge in [-0.3, -0.25) is 0 Å². The molecule has 0 unspecified atom stereocenters. The van der Waals surface area contributed by atoms with Crippen LogP contribution in [0.3, 0.4) is 0 Å². The summed E-state index contributed by atoms with van der Waals surface area (Å²) in [5.41, 5.74) is 0. The monoisotopic (exact) mass is 308 g/mol. The first-order valence-electron chi connectivity index (χ1n) is 4.84. The van der Waals surface area contributed by atoms with E-state index in [-0.39, 0.29) is 0 Å². The van der Waals surface area contributed by atoms with Crippen molar-refractivity contribution in [1.29, 1.82) is 0 Å². The lowest BCUT2D eigenvalue weighted by atomic mass is 10.1. The van der Waals surface area contributed by atoms with Gasteiger partial charge in [0.15, 0.2) is 6.29 Å². The van der Waals surface area contributed by atoms with E-state index in [9.17, 15) is 10.2 Å². The van der Waals surface area contributed by atoms with E-state index in [1.807, 2.05) is 0 Å². The molecule has 0 radical (unpaired) electrons. The van der Waals surface area contributed by atoms with Crippen molar-refractivity contribution in [3.63, 3.8) is 0 Å². The Balaban J connectivity index is 2.01. The number of aliphatic hydroxyl groups excluding tert-OH is 3. The van der Waals surface area contributed by atoms with Gasteiger partial charge in [0.1, 0.15) is 24.4 Å². The molecule has 3 N–H and O–H groups in total. The van der Waals surface area contributed by atoms with E-state index in [1.165, 1.54) is 0 Å². The van der Waals surface area contributed by atoms with Gasteiger partial charge < -0.3 is 29.5 Å². The quantitative estimate of drug-likeness (QED) is 0.598. The molecule has 2 fully saturated rings. The molecule has 0 bridgehead atoms. The molecule has 0 aliphatic carbocycles. The van der Waals surface area contributed by atoms with Crippen LogP contribution >= 0.6 is 34.8 Å². The van der Waals surface area contributed by atoms with E-state index in [0.29, 0.717) is 0 Å². The Kier molecular flexibility index (Phi) is 4.10. The van der Waals surface area contributed by atoms with E-state index in [4.69, 9.17) is 54.1 Å². The molecular weight excluding hydrogens is 298 g/mol. The average Bonchev–Trinajstić information content (AvgIpc) is 2.77. The summed E-state index contributed by atoms with van der Waals surface area (Å²) in [5.74, 6) is 0. The van der Waals surface area contributed by atoms with Crippen LogP contribution in [0.4, 0.5) is 0 Å². The number of ether oxygens (including phenoxy) is 3. The molecule has 2 rings (SSSR count). The van der Waals surface area contributed by atoms with Crippen LogP contribution in [0.5, 0.6) is 0 Å². The van der Waals surface area contributed by atoms with Gasteiger partial charge >= 0.3 is 0 Å². The predicted molar refractivity (Wildman–Crippen MR) is 57.8 cm³/mol. The smallest absolute Gasteiger partial charge is 0.241 e. The highest BCUT2D eigenvalue weighted by atomic mass is 35.6. The van der Waals surface area contributed by atoms with Crippen molar-refractivity contribution in [3.8, 4) is 0 Å². The first kappa shape index (κ1) is 14.0. The molecular formula is C8H11Cl3O6. The molecule has 2 heterocycles. The van der Waals surface area contributed by atoms with Gasteiger partial charge in [0, 0.05) is 0 Å². The molecule has 2 aliphatic rings. The number of hydrogen-bond donors (Lipinski definition) is 3. The zero-order valence-electron chi connectivity index (χ0n) is 8.37. The Morgan fingerprint density at radius 2 is 1.82 bits per heavy atom. The van der Waals surface area contributed by atoms with Crippen molar-refractivity contribution in [2.24, 2.45) is 0 Å². The van der Waals surface area contributed by atoms with Crippen LogP contribution in [0.15, 0.2) is 0 Å². The van der Waals surface area contributed by atoms with Gasteiger partial charge in [-0.25, -0.2) is 0 Å². The van der Waals surface area contributed by atoms with Crippen molar-refractivity contribution in [3.05, 3.63) is 0 Å². The summed E-state index contributed by atoms with van der Waals surface area (Å²) in [6, 6.07) is 0. The molecule has 6 atom stereocenters. The Hall–Kier alpha value is 0.630. The molecule has 2 aliphatic heterocycles. The molecule has 100 valence electrons. The Bertz CT molecular complexity index is 285. The fourth-order valence-electron chi connectivity index (χ4n) is 1.79. The maximum atomic E-state index is 9.81. The molecule has 0 aromatic carbocycles.